The molecule has 0 atom stereocenters. The second-order valence-electron chi connectivity index (χ2n) is 5.40. The highest BCUT2D eigenvalue weighted by Gasteiger charge is 2.26. The SMILES string of the molecule is CN(C(=O)Cc1cccnc1)C1CCC(CO)CC1. The Hall–Kier alpha value is -1.42. The standard InChI is InChI=1S/C15H22N2O2/c1-17(14-6-4-12(11-18)5-7-14)15(19)9-13-3-2-8-16-10-13/h2-3,8,10,12,14,18H,4-7,9,11H2,1H3. The van der Waals surface area contributed by atoms with Crippen molar-refractivity contribution < 1.29 is 9.90 Å². The molecule has 1 heterocycles. The van der Waals surface area contributed by atoms with Crippen molar-refractivity contribution in [3.63, 3.8) is 0 Å². The topological polar surface area (TPSA) is 53.4 Å². The summed E-state index contributed by atoms with van der Waals surface area (Å²) < 4.78 is 0. The Bertz CT molecular complexity index is 400. The Morgan fingerprint density at radius 3 is 2.74 bits per heavy atom. The van der Waals surface area contributed by atoms with E-state index in [1.807, 2.05) is 24.1 Å². The lowest BCUT2D eigenvalue weighted by Gasteiger charge is -2.34. The van der Waals surface area contributed by atoms with Crippen molar-refractivity contribution in [3.05, 3.63) is 30.1 Å². The van der Waals surface area contributed by atoms with Crippen LogP contribution >= 0.6 is 0 Å². The quantitative estimate of drug-likeness (QED) is 0.897. The molecular weight excluding hydrogens is 240 g/mol. The van der Waals surface area contributed by atoms with Crippen LogP contribution < -0.4 is 0 Å². The zero-order valence-corrected chi connectivity index (χ0v) is 11.5. The van der Waals surface area contributed by atoms with E-state index in [9.17, 15) is 4.79 Å². The average molecular weight is 262 g/mol. The van der Waals surface area contributed by atoms with E-state index in [0.717, 1.165) is 31.2 Å². The van der Waals surface area contributed by atoms with Crippen LogP contribution in [-0.2, 0) is 11.2 Å². The maximum Gasteiger partial charge on any atom is 0.227 e. The highest BCUT2D eigenvalue weighted by atomic mass is 16.3. The van der Waals surface area contributed by atoms with Gasteiger partial charge in [-0.15, -0.1) is 0 Å². The normalized spacial score (nSPS) is 23.1. The van der Waals surface area contributed by atoms with Gasteiger partial charge in [-0.25, -0.2) is 0 Å². The minimum atomic E-state index is 0.153. The maximum absolute atomic E-state index is 12.2. The molecule has 0 unspecified atom stereocenters. The molecule has 1 fully saturated rings. The number of likely N-dealkylation sites (N-methyl/N-ethyl adjacent to an activating group) is 1. The molecule has 1 aromatic rings. The number of aromatic nitrogens is 1. The number of amides is 1. The fraction of sp³-hybridized carbons (Fsp3) is 0.600. The molecule has 19 heavy (non-hydrogen) atoms. The van der Waals surface area contributed by atoms with Gasteiger partial charge in [-0.2, -0.15) is 0 Å². The van der Waals surface area contributed by atoms with E-state index in [2.05, 4.69) is 4.98 Å². The average Bonchev–Trinajstić information content (AvgIpc) is 2.47. The number of hydrogen-bond donors (Lipinski definition) is 1. The van der Waals surface area contributed by atoms with E-state index >= 15 is 0 Å². The molecule has 0 aromatic carbocycles. The van der Waals surface area contributed by atoms with Gasteiger partial charge < -0.3 is 10.0 Å². The van der Waals surface area contributed by atoms with Crippen molar-refractivity contribution in [2.75, 3.05) is 13.7 Å². The zero-order chi connectivity index (χ0) is 13.7. The van der Waals surface area contributed by atoms with Gasteiger partial charge in [0.25, 0.3) is 0 Å². The lowest BCUT2D eigenvalue weighted by Crippen LogP contribution is -2.40. The summed E-state index contributed by atoms with van der Waals surface area (Å²) in [6.45, 7) is 0.278. The molecule has 1 aliphatic carbocycles. The van der Waals surface area contributed by atoms with Crippen LogP contribution in [0.2, 0.25) is 0 Å². The van der Waals surface area contributed by atoms with E-state index < -0.39 is 0 Å². The maximum atomic E-state index is 12.2. The molecular formula is C15H22N2O2. The molecule has 1 saturated carbocycles. The fourth-order valence-corrected chi connectivity index (χ4v) is 2.72. The molecule has 0 aliphatic heterocycles. The molecule has 0 bridgehead atoms. The van der Waals surface area contributed by atoms with Gasteiger partial charge in [0.15, 0.2) is 0 Å². The molecule has 2 rings (SSSR count). The first-order valence-electron chi connectivity index (χ1n) is 6.96. The lowest BCUT2D eigenvalue weighted by molar-refractivity contribution is -0.132. The Balaban J connectivity index is 1.86. The van der Waals surface area contributed by atoms with Gasteiger partial charge in [-0.3, -0.25) is 9.78 Å². The van der Waals surface area contributed by atoms with Crippen LogP contribution in [0.3, 0.4) is 0 Å². The number of rotatable bonds is 4. The molecule has 1 aromatic heterocycles. The van der Waals surface area contributed by atoms with Crippen molar-refractivity contribution in [3.8, 4) is 0 Å². The van der Waals surface area contributed by atoms with E-state index in [-0.39, 0.29) is 12.5 Å². The van der Waals surface area contributed by atoms with Crippen LogP contribution in [0.4, 0.5) is 0 Å². The summed E-state index contributed by atoms with van der Waals surface area (Å²) in [6.07, 6.45) is 7.92. The molecule has 4 nitrogen and oxygen atoms in total. The summed E-state index contributed by atoms with van der Waals surface area (Å²) in [7, 11) is 1.89. The Morgan fingerprint density at radius 1 is 1.42 bits per heavy atom. The summed E-state index contributed by atoms with van der Waals surface area (Å²) in [4.78, 5) is 18.1. The van der Waals surface area contributed by atoms with Gasteiger partial charge in [0.1, 0.15) is 0 Å². The number of hydrogen-bond acceptors (Lipinski definition) is 3. The number of aliphatic hydroxyl groups is 1. The summed E-state index contributed by atoms with van der Waals surface area (Å²) in [5.74, 6) is 0.582. The van der Waals surface area contributed by atoms with Gasteiger partial charge in [-0.05, 0) is 43.2 Å². The van der Waals surface area contributed by atoms with Crippen molar-refractivity contribution in [2.24, 2.45) is 5.92 Å². The van der Waals surface area contributed by atoms with Crippen LogP contribution in [0, 0.1) is 5.92 Å². The van der Waals surface area contributed by atoms with E-state index in [1.54, 1.807) is 12.4 Å². The first-order valence-corrected chi connectivity index (χ1v) is 6.96. The smallest absolute Gasteiger partial charge is 0.227 e. The molecule has 1 aliphatic rings. The van der Waals surface area contributed by atoms with E-state index in [1.165, 1.54) is 0 Å². The third-order valence-corrected chi connectivity index (χ3v) is 4.09. The van der Waals surface area contributed by atoms with Crippen LogP contribution in [0.15, 0.2) is 24.5 Å². The monoisotopic (exact) mass is 262 g/mol. The van der Waals surface area contributed by atoms with E-state index in [4.69, 9.17) is 5.11 Å². The van der Waals surface area contributed by atoms with Gasteiger partial charge in [0, 0.05) is 32.1 Å². The van der Waals surface area contributed by atoms with Gasteiger partial charge in [0.05, 0.1) is 6.42 Å². The molecule has 1 amide bonds. The number of carbonyl (C=O) groups excluding carboxylic acids is 1. The number of pyridine rings is 1. The Kier molecular flexibility index (Phi) is 4.91. The summed E-state index contributed by atoms with van der Waals surface area (Å²) in [6, 6.07) is 4.11. The first kappa shape index (κ1) is 14.0. The number of carbonyl (C=O) groups is 1. The largest absolute Gasteiger partial charge is 0.396 e. The van der Waals surface area contributed by atoms with Crippen molar-refractivity contribution in [1.29, 1.82) is 0 Å². The van der Waals surface area contributed by atoms with E-state index in [0.29, 0.717) is 18.4 Å². The number of aliphatic hydroxyl groups excluding tert-OH is 1. The van der Waals surface area contributed by atoms with Gasteiger partial charge >= 0.3 is 0 Å². The number of nitrogens with zero attached hydrogens (tertiary/aromatic N) is 2. The predicted octanol–water partition coefficient (Wildman–Crippen LogP) is 1.63. The molecule has 0 spiro atoms. The van der Waals surface area contributed by atoms with Crippen molar-refractivity contribution >= 4 is 5.91 Å². The first-order chi connectivity index (χ1) is 9.20. The van der Waals surface area contributed by atoms with Crippen molar-refractivity contribution in [2.45, 2.75) is 38.1 Å². The predicted molar refractivity (Wildman–Crippen MR) is 73.5 cm³/mol. The van der Waals surface area contributed by atoms with Crippen LogP contribution in [0.1, 0.15) is 31.2 Å². The lowest BCUT2D eigenvalue weighted by atomic mass is 9.86. The second-order valence-corrected chi connectivity index (χ2v) is 5.40. The second kappa shape index (κ2) is 6.66. The minimum Gasteiger partial charge on any atom is -0.396 e. The molecule has 104 valence electrons. The Labute approximate surface area is 114 Å². The highest BCUT2D eigenvalue weighted by Crippen LogP contribution is 2.26. The van der Waals surface area contributed by atoms with Crippen LogP contribution in [0.25, 0.3) is 0 Å². The van der Waals surface area contributed by atoms with Crippen molar-refractivity contribution in [1.82, 2.24) is 9.88 Å². The summed E-state index contributed by atoms with van der Waals surface area (Å²) in [5.41, 5.74) is 0.961. The van der Waals surface area contributed by atoms with Crippen LogP contribution in [-0.4, -0.2) is 40.6 Å². The highest BCUT2D eigenvalue weighted by molar-refractivity contribution is 5.78. The van der Waals surface area contributed by atoms with Gasteiger partial charge in [0.2, 0.25) is 5.91 Å². The van der Waals surface area contributed by atoms with Gasteiger partial charge in [-0.1, -0.05) is 6.07 Å². The fourth-order valence-electron chi connectivity index (χ4n) is 2.72. The minimum absolute atomic E-state index is 0.153. The molecule has 0 radical (unpaired) electrons. The third kappa shape index (κ3) is 3.77. The summed E-state index contributed by atoms with van der Waals surface area (Å²) >= 11 is 0. The summed E-state index contributed by atoms with van der Waals surface area (Å²) in [5, 5.41) is 9.13. The molecule has 4 heteroatoms. The molecule has 1 N–H and O–H groups in total. The third-order valence-electron chi connectivity index (χ3n) is 4.09. The molecule has 0 saturated heterocycles. The zero-order valence-electron chi connectivity index (χ0n) is 11.5. The van der Waals surface area contributed by atoms with Crippen LogP contribution in [0.5, 0.6) is 0 Å². The Morgan fingerprint density at radius 2 is 2.16 bits per heavy atom.